The fourth-order valence-corrected chi connectivity index (χ4v) is 2.19. The molecule has 0 aliphatic heterocycles. The molecule has 0 radical (unpaired) electrons. The third kappa shape index (κ3) is 3.76. The molecule has 0 aromatic heterocycles. The maximum Gasteiger partial charge on any atom is 0.332 e. The van der Waals surface area contributed by atoms with Gasteiger partial charge in [-0.1, -0.05) is 41.4 Å². The van der Waals surface area contributed by atoms with E-state index in [2.05, 4.69) is 5.32 Å². The van der Waals surface area contributed by atoms with E-state index in [-0.39, 0.29) is 5.97 Å². The van der Waals surface area contributed by atoms with Crippen LogP contribution < -0.4 is 5.32 Å². The van der Waals surface area contributed by atoms with Crippen LogP contribution in [0.3, 0.4) is 0 Å². The van der Waals surface area contributed by atoms with Gasteiger partial charge in [0.05, 0.1) is 7.11 Å². The minimum Gasteiger partial charge on any atom is -0.467 e. The third-order valence-electron chi connectivity index (χ3n) is 3.33. The summed E-state index contributed by atoms with van der Waals surface area (Å²) in [6.07, 6.45) is 0. The van der Waals surface area contributed by atoms with Crippen molar-refractivity contribution >= 4 is 23.3 Å². The highest BCUT2D eigenvalue weighted by atomic mass is 35.5. The molecule has 0 heterocycles. The molecule has 0 saturated carbocycles. The Bertz CT molecular complexity index is 638. The van der Waals surface area contributed by atoms with Gasteiger partial charge in [-0.2, -0.15) is 0 Å². The van der Waals surface area contributed by atoms with E-state index in [0.29, 0.717) is 5.02 Å². The lowest BCUT2D eigenvalue weighted by atomic mass is 10.0. The van der Waals surface area contributed by atoms with Gasteiger partial charge in [-0.3, -0.25) is 0 Å². The summed E-state index contributed by atoms with van der Waals surface area (Å²) in [5, 5.41) is 3.82. The first-order valence-corrected chi connectivity index (χ1v) is 7.06. The summed E-state index contributed by atoms with van der Waals surface area (Å²) >= 11 is 6.15. The molecule has 21 heavy (non-hydrogen) atoms. The van der Waals surface area contributed by atoms with E-state index in [1.165, 1.54) is 7.11 Å². The second kappa shape index (κ2) is 6.64. The predicted molar refractivity (Wildman–Crippen MR) is 85.7 cm³/mol. The molecule has 110 valence electrons. The summed E-state index contributed by atoms with van der Waals surface area (Å²) < 4.78 is 4.89. The van der Waals surface area contributed by atoms with Gasteiger partial charge in [-0.05, 0) is 43.2 Å². The van der Waals surface area contributed by atoms with E-state index in [1.54, 1.807) is 6.07 Å². The molecule has 2 aromatic carbocycles. The molecule has 2 rings (SSSR count). The zero-order valence-electron chi connectivity index (χ0n) is 12.3. The van der Waals surface area contributed by atoms with Gasteiger partial charge in [-0.25, -0.2) is 4.79 Å². The van der Waals surface area contributed by atoms with E-state index in [1.807, 2.05) is 50.2 Å². The number of rotatable bonds is 4. The molecule has 0 fully saturated rings. The molecule has 0 amide bonds. The number of benzene rings is 2. The van der Waals surface area contributed by atoms with E-state index >= 15 is 0 Å². The molecule has 1 unspecified atom stereocenters. The highest BCUT2D eigenvalue weighted by Gasteiger charge is 2.21. The van der Waals surface area contributed by atoms with Gasteiger partial charge >= 0.3 is 5.97 Å². The van der Waals surface area contributed by atoms with Crippen molar-refractivity contribution in [3.05, 3.63) is 64.2 Å². The maximum absolute atomic E-state index is 12.1. The van der Waals surface area contributed by atoms with Gasteiger partial charge in [0, 0.05) is 10.7 Å². The van der Waals surface area contributed by atoms with Crippen LogP contribution in [0, 0.1) is 13.8 Å². The number of ether oxygens (including phenoxy) is 1. The average Bonchev–Trinajstić information content (AvgIpc) is 2.49. The average molecular weight is 304 g/mol. The summed E-state index contributed by atoms with van der Waals surface area (Å²) in [6, 6.07) is 12.8. The van der Waals surface area contributed by atoms with Crippen molar-refractivity contribution in [3.63, 3.8) is 0 Å². The van der Waals surface area contributed by atoms with Crippen LogP contribution in [0.2, 0.25) is 5.02 Å². The number of hydrogen-bond acceptors (Lipinski definition) is 3. The van der Waals surface area contributed by atoms with Crippen LogP contribution in [0.25, 0.3) is 0 Å². The fourth-order valence-electron chi connectivity index (χ4n) is 2.00. The lowest BCUT2D eigenvalue weighted by Crippen LogP contribution is -2.22. The molecule has 0 bridgehead atoms. The number of methoxy groups -OCH3 is 1. The van der Waals surface area contributed by atoms with Crippen LogP contribution >= 0.6 is 11.6 Å². The Hall–Kier alpha value is -2.00. The van der Waals surface area contributed by atoms with E-state index in [0.717, 1.165) is 22.4 Å². The molecule has 1 atom stereocenters. The van der Waals surface area contributed by atoms with Crippen LogP contribution in [0.1, 0.15) is 22.7 Å². The highest BCUT2D eigenvalue weighted by Crippen LogP contribution is 2.25. The van der Waals surface area contributed by atoms with Crippen molar-refractivity contribution in [2.75, 3.05) is 12.4 Å². The minimum absolute atomic E-state index is 0.351. The molecule has 1 N–H and O–H groups in total. The van der Waals surface area contributed by atoms with Gasteiger partial charge in [0.25, 0.3) is 0 Å². The van der Waals surface area contributed by atoms with Gasteiger partial charge < -0.3 is 10.1 Å². The van der Waals surface area contributed by atoms with Crippen molar-refractivity contribution in [2.45, 2.75) is 19.9 Å². The Morgan fingerprint density at radius 2 is 1.81 bits per heavy atom. The summed E-state index contributed by atoms with van der Waals surface area (Å²) in [5.74, 6) is -0.351. The summed E-state index contributed by atoms with van der Waals surface area (Å²) in [4.78, 5) is 12.1. The van der Waals surface area contributed by atoms with Gasteiger partial charge in [-0.15, -0.1) is 0 Å². The summed E-state index contributed by atoms with van der Waals surface area (Å²) in [7, 11) is 1.38. The largest absolute Gasteiger partial charge is 0.467 e. The normalized spacial score (nSPS) is 11.8. The quantitative estimate of drug-likeness (QED) is 0.857. The molecule has 4 heteroatoms. The van der Waals surface area contributed by atoms with Crippen LogP contribution in [0.15, 0.2) is 42.5 Å². The molecular formula is C17H18ClNO2. The van der Waals surface area contributed by atoms with Crippen molar-refractivity contribution in [1.29, 1.82) is 0 Å². The predicted octanol–water partition coefficient (Wildman–Crippen LogP) is 4.28. The molecule has 3 nitrogen and oxygen atoms in total. The molecule has 0 saturated heterocycles. The maximum atomic E-state index is 12.1. The smallest absolute Gasteiger partial charge is 0.332 e. The van der Waals surface area contributed by atoms with Crippen LogP contribution in [0.5, 0.6) is 0 Å². The Labute approximate surface area is 129 Å². The highest BCUT2D eigenvalue weighted by molar-refractivity contribution is 6.31. The number of esters is 1. The number of hydrogen-bond donors (Lipinski definition) is 1. The Kier molecular flexibility index (Phi) is 4.86. The Balaban J connectivity index is 2.31. The number of nitrogens with one attached hydrogen (secondary N) is 1. The fraction of sp³-hybridized carbons (Fsp3) is 0.235. The van der Waals surface area contributed by atoms with Gasteiger partial charge in [0.15, 0.2) is 6.04 Å². The zero-order valence-corrected chi connectivity index (χ0v) is 13.1. The number of halogens is 1. The lowest BCUT2D eigenvalue weighted by molar-refractivity contribution is -0.141. The SMILES string of the molecule is COC(=O)C(Nc1ccc(C)cc1)c1ccc(C)c(Cl)c1. The number of carbonyl (C=O) groups excluding carboxylic acids is 1. The molecule has 0 aliphatic carbocycles. The Morgan fingerprint density at radius 3 is 2.38 bits per heavy atom. The van der Waals surface area contributed by atoms with Crippen molar-refractivity contribution in [2.24, 2.45) is 0 Å². The van der Waals surface area contributed by atoms with Crippen molar-refractivity contribution in [3.8, 4) is 0 Å². The summed E-state index contributed by atoms with van der Waals surface area (Å²) in [6.45, 7) is 3.94. The van der Waals surface area contributed by atoms with Crippen molar-refractivity contribution < 1.29 is 9.53 Å². The van der Waals surface area contributed by atoms with Gasteiger partial charge in [0.1, 0.15) is 0 Å². The molecule has 0 spiro atoms. The van der Waals surface area contributed by atoms with E-state index in [4.69, 9.17) is 16.3 Å². The molecular weight excluding hydrogens is 286 g/mol. The number of aryl methyl sites for hydroxylation is 2. The number of anilines is 1. The number of carbonyl (C=O) groups is 1. The first kappa shape index (κ1) is 15.4. The van der Waals surface area contributed by atoms with Crippen molar-refractivity contribution in [1.82, 2.24) is 0 Å². The lowest BCUT2D eigenvalue weighted by Gasteiger charge is -2.19. The first-order valence-electron chi connectivity index (χ1n) is 6.68. The van der Waals surface area contributed by atoms with E-state index in [9.17, 15) is 4.79 Å². The monoisotopic (exact) mass is 303 g/mol. The Morgan fingerprint density at radius 1 is 1.14 bits per heavy atom. The van der Waals surface area contributed by atoms with Gasteiger partial charge in [0.2, 0.25) is 0 Å². The van der Waals surface area contributed by atoms with Crippen LogP contribution in [-0.2, 0) is 9.53 Å². The molecule has 2 aromatic rings. The first-order chi connectivity index (χ1) is 10.0. The third-order valence-corrected chi connectivity index (χ3v) is 3.74. The minimum atomic E-state index is -0.587. The second-order valence-corrected chi connectivity index (χ2v) is 5.38. The van der Waals surface area contributed by atoms with E-state index < -0.39 is 6.04 Å². The topological polar surface area (TPSA) is 38.3 Å². The standard InChI is InChI=1S/C17H18ClNO2/c1-11-4-8-14(9-5-11)19-16(17(20)21-3)13-7-6-12(2)15(18)10-13/h4-10,16,19H,1-3H3. The van der Waals surface area contributed by atoms with Crippen LogP contribution in [0.4, 0.5) is 5.69 Å². The zero-order chi connectivity index (χ0) is 15.4. The summed E-state index contributed by atoms with van der Waals surface area (Å²) in [5.41, 5.74) is 3.76. The van der Waals surface area contributed by atoms with Crippen LogP contribution in [-0.4, -0.2) is 13.1 Å². The molecule has 0 aliphatic rings. The second-order valence-electron chi connectivity index (χ2n) is 4.98.